The molecule has 0 bridgehead atoms. The van der Waals surface area contributed by atoms with Gasteiger partial charge in [-0.05, 0) is 133 Å². The highest BCUT2D eigenvalue weighted by Gasteiger charge is 2.34. The van der Waals surface area contributed by atoms with E-state index in [1.807, 2.05) is 41.8 Å². The molecule has 0 N–H and O–H groups in total. The Morgan fingerprint density at radius 3 is 2.38 bits per heavy atom. The van der Waals surface area contributed by atoms with E-state index < -0.39 is 0 Å². The van der Waals surface area contributed by atoms with E-state index in [2.05, 4.69) is 164 Å². The maximum absolute atomic E-state index is 6.33. The number of hydrogen-bond acceptors (Lipinski definition) is 4. The zero-order chi connectivity index (χ0) is 40.5. The SMILES string of the molecule is C=C(C)C1=C(/C=C\C)c2c(c3cc(-c4ccc(N(c5ccc6c(c5)oc5ccccc56)c5ccccn5)cc4)ccc3n2C2=CCCc3c2sc2ccccc32)/C1=C/CC. The number of fused-ring (bicyclic) bond motifs is 9. The molecule has 5 heteroatoms. The van der Waals surface area contributed by atoms with Crippen LogP contribution in [0.25, 0.3) is 70.9 Å². The Kier molecular flexibility index (Phi) is 8.68. The third kappa shape index (κ3) is 5.60. The van der Waals surface area contributed by atoms with Gasteiger partial charge in [0.2, 0.25) is 0 Å². The molecule has 9 aromatic rings. The van der Waals surface area contributed by atoms with Gasteiger partial charge in [-0.25, -0.2) is 4.98 Å². The lowest BCUT2D eigenvalue weighted by Gasteiger charge is -2.24. The molecule has 11 rings (SSSR count). The second-order valence-electron chi connectivity index (χ2n) is 15.8. The van der Waals surface area contributed by atoms with Crippen molar-refractivity contribution in [2.45, 2.75) is 40.0 Å². The summed E-state index contributed by atoms with van der Waals surface area (Å²) in [6.07, 6.45) is 14.2. The Hall–Kier alpha value is -6.95. The predicted molar refractivity (Wildman–Crippen MR) is 255 cm³/mol. The molecule has 0 aliphatic heterocycles. The lowest BCUT2D eigenvalue weighted by molar-refractivity contribution is 0.669. The van der Waals surface area contributed by atoms with Gasteiger partial charge in [-0.15, -0.1) is 11.3 Å². The molecule has 290 valence electrons. The van der Waals surface area contributed by atoms with E-state index in [-0.39, 0.29) is 0 Å². The van der Waals surface area contributed by atoms with Crippen molar-refractivity contribution in [3.05, 3.63) is 197 Å². The summed E-state index contributed by atoms with van der Waals surface area (Å²) in [7, 11) is 0. The molecule has 2 aliphatic rings. The first kappa shape index (κ1) is 36.2. The second kappa shape index (κ2) is 14.4. The molecule has 0 fully saturated rings. The minimum Gasteiger partial charge on any atom is -0.456 e. The molecular weight excluding hydrogens is 751 g/mol. The molecule has 2 aliphatic carbocycles. The highest BCUT2D eigenvalue weighted by atomic mass is 32.1. The van der Waals surface area contributed by atoms with Crippen molar-refractivity contribution in [3.8, 4) is 11.1 Å². The lowest BCUT2D eigenvalue weighted by Crippen LogP contribution is -2.11. The van der Waals surface area contributed by atoms with Gasteiger partial charge in [-0.3, -0.25) is 4.90 Å². The largest absolute Gasteiger partial charge is 0.456 e. The van der Waals surface area contributed by atoms with Crippen LogP contribution < -0.4 is 4.90 Å². The molecular formula is C55H43N3OS. The van der Waals surface area contributed by atoms with E-state index in [1.54, 1.807) is 0 Å². The van der Waals surface area contributed by atoms with Gasteiger partial charge < -0.3 is 8.98 Å². The minimum absolute atomic E-state index is 0.839. The van der Waals surface area contributed by atoms with E-state index in [0.29, 0.717) is 0 Å². The quantitative estimate of drug-likeness (QED) is 0.154. The summed E-state index contributed by atoms with van der Waals surface area (Å²) in [5.41, 5.74) is 17.5. The van der Waals surface area contributed by atoms with Gasteiger partial charge in [0, 0.05) is 49.9 Å². The lowest BCUT2D eigenvalue weighted by atomic mass is 9.94. The van der Waals surface area contributed by atoms with Crippen LogP contribution in [0.1, 0.15) is 55.3 Å². The highest BCUT2D eigenvalue weighted by molar-refractivity contribution is 7.20. The monoisotopic (exact) mass is 793 g/mol. The van der Waals surface area contributed by atoms with Crippen LogP contribution in [0.4, 0.5) is 17.2 Å². The molecule has 0 saturated carbocycles. The summed E-state index contributed by atoms with van der Waals surface area (Å²) >= 11 is 1.93. The van der Waals surface area contributed by atoms with Crippen molar-refractivity contribution < 1.29 is 4.42 Å². The summed E-state index contributed by atoms with van der Waals surface area (Å²) in [6, 6.07) is 45.5. The molecule has 4 nitrogen and oxygen atoms in total. The zero-order valence-corrected chi connectivity index (χ0v) is 34.8. The van der Waals surface area contributed by atoms with Gasteiger partial charge in [0.25, 0.3) is 0 Å². The van der Waals surface area contributed by atoms with Crippen LogP contribution in [0.15, 0.2) is 180 Å². The molecule has 4 aromatic heterocycles. The van der Waals surface area contributed by atoms with E-state index >= 15 is 0 Å². The number of anilines is 3. The zero-order valence-electron chi connectivity index (χ0n) is 34.0. The fraction of sp³-hybridized carbons (Fsp3) is 0.109. The van der Waals surface area contributed by atoms with Gasteiger partial charge in [-0.2, -0.15) is 0 Å². The number of furan rings is 1. The van der Waals surface area contributed by atoms with Crippen molar-refractivity contribution in [1.82, 2.24) is 9.55 Å². The number of pyridine rings is 1. The topological polar surface area (TPSA) is 34.2 Å². The number of allylic oxidation sites excluding steroid dienone is 8. The number of nitrogens with zero attached hydrogens (tertiary/aromatic N) is 3. The van der Waals surface area contributed by atoms with E-state index in [0.717, 1.165) is 69.5 Å². The summed E-state index contributed by atoms with van der Waals surface area (Å²) < 4.78 is 10.2. The molecule has 0 unspecified atom stereocenters. The maximum atomic E-state index is 6.33. The third-order valence-corrected chi connectivity index (χ3v) is 13.3. The first-order chi connectivity index (χ1) is 29.5. The smallest absolute Gasteiger partial charge is 0.137 e. The van der Waals surface area contributed by atoms with Gasteiger partial charge in [0.15, 0.2) is 0 Å². The highest BCUT2D eigenvalue weighted by Crippen LogP contribution is 2.53. The van der Waals surface area contributed by atoms with Crippen molar-refractivity contribution in [2.75, 3.05) is 4.90 Å². The molecule has 0 radical (unpaired) electrons. The molecule has 0 amide bonds. The summed E-state index contributed by atoms with van der Waals surface area (Å²) in [5.74, 6) is 0.839. The Morgan fingerprint density at radius 1 is 0.817 bits per heavy atom. The Balaban J connectivity index is 1.07. The molecule has 60 heavy (non-hydrogen) atoms. The van der Waals surface area contributed by atoms with Crippen molar-refractivity contribution in [1.29, 1.82) is 0 Å². The molecule has 0 spiro atoms. The van der Waals surface area contributed by atoms with Crippen LogP contribution in [0, 0.1) is 0 Å². The van der Waals surface area contributed by atoms with Crippen LogP contribution in [0.3, 0.4) is 0 Å². The predicted octanol–water partition coefficient (Wildman–Crippen LogP) is 15.8. The first-order valence-corrected chi connectivity index (χ1v) is 21.7. The van der Waals surface area contributed by atoms with Gasteiger partial charge in [0.1, 0.15) is 17.0 Å². The third-order valence-electron chi connectivity index (χ3n) is 12.1. The Bertz CT molecular complexity index is 3330. The fourth-order valence-corrected chi connectivity index (χ4v) is 10.9. The number of rotatable bonds is 8. The van der Waals surface area contributed by atoms with Crippen molar-refractivity contribution in [2.24, 2.45) is 0 Å². The number of aryl methyl sites for hydroxylation is 1. The Morgan fingerprint density at radius 2 is 1.58 bits per heavy atom. The van der Waals surface area contributed by atoms with E-state index in [9.17, 15) is 0 Å². The van der Waals surface area contributed by atoms with Gasteiger partial charge >= 0.3 is 0 Å². The Labute approximate surface area is 354 Å². The van der Waals surface area contributed by atoms with Crippen molar-refractivity contribution in [3.63, 3.8) is 0 Å². The summed E-state index contributed by atoms with van der Waals surface area (Å²) in [5, 5.41) is 4.86. The van der Waals surface area contributed by atoms with Crippen LogP contribution in [-0.4, -0.2) is 9.55 Å². The maximum Gasteiger partial charge on any atom is 0.137 e. The molecule has 0 atom stereocenters. The summed E-state index contributed by atoms with van der Waals surface area (Å²) in [4.78, 5) is 8.37. The molecule has 0 saturated heterocycles. The number of para-hydroxylation sites is 1. The standard InChI is InChI=1S/C55H43N3OS/c1-5-14-43-52(34(3)4)44(15-6-2)54-53(43)45-32-36(25-30-46(45)58(54)47-19-13-18-42-41-17-8-10-21-50(41)60-55(42)47)35-23-26-37(27-24-35)57(51-22-11-12-31-56-51)38-28-29-40-39-16-7-9-20-48(39)59-49(40)33-38/h6-12,14-17,19-33H,3,5,13,18H2,1-2,4H3/b15-6-,43-14+. The minimum atomic E-state index is 0.839. The average molecular weight is 794 g/mol. The fourth-order valence-electron chi connectivity index (χ4n) is 9.58. The first-order valence-electron chi connectivity index (χ1n) is 20.9. The van der Waals surface area contributed by atoms with Crippen LogP contribution in [0.5, 0.6) is 0 Å². The number of hydrogen-bond donors (Lipinski definition) is 0. The summed E-state index contributed by atoms with van der Waals surface area (Å²) in [6.45, 7) is 11.0. The average Bonchev–Trinajstić information content (AvgIpc) is 4.02. The number of aromatic nitrogens is 2. The van der Waals surface area contributed by atoms with Gasteiger partial charge in [-0.1, -0.05) is 98.5 Å². The molecule has 4 heterocycles. The van der Waals surface area contributed by atoms with Gasteiger partial charge in [0.05, 0.1) is 27.5 Å². The van der Waals surface area contributed by atoms with Crippen molar-refractivity contribution >= 4 is 88.3 Å². The number of thiophene rings is 1. The van der Waals surface area contributed by atoms with Crippen LogP contribution in [0.2, 0.25) is 0 Å². The van der Waals surface area contributed by atoms with E-state index in [4.69, 9.17) is 9.40 Å². The van der Waals surface area contributed by atoms with Crippen LogP contribution in [-0.2, 0) is 6.42 Å². The normalized spacial score (nSPS) is 14.6. The number of benzene rings is 5. The van der Waals surface area contributed by atoms with E-state index in [1.165, 1.54) is 70.7 Å². The molecule has 5 aromatic carbocycles. The second-order valence-corrected chi connectivity index (χ2v) is 16.8. The van der Waals surface area contributed by atoms with Crippen LogP contribution >= 0.6 is 11.3 Å².